The summed E-state index contributed by atoms with van der Waals surface area (Å²) in [6.45, 7) is 2.94. The van der Waals surface area contributed by atoms with Crippen LogP contribution >= 0.6 is 0 Å². The summed E-state index contributed by atoms with van der Waals surface area (Å²) in [6.07, 6.45) is 7.87. The van der Waals surface area contributed by atoms with E-state index in [1.54, 1.807) is 17.0 Å². The molecule has 0 saturated heterocycles. The van der Waals surface area contributed by atoms with E-state index < -0.39 is 0 Å². The summed E-state index contributed by atoms with van der Waals surface area (Å²) in [7, 11) is 0. The highest BCUT2D eigenvalue weighted by Gasteiger charge is 2.20. The molecule has 1 amide bonds. The van der Waals surface area contributed by atoms with Crippen LogP contribution in [0.3, 0.4) is 0 Å². The third-order valence-corrected chi connectivity index (χ3v) is 3.93. The lowest BCUT2D eigenvalue weighted by atomic mass is 9.89. The topological polar surface area (TPSA) is 64.0 Å². The van der Waals surface area contributed by atoms with E-state index in [0.29, 0.717) is 13.1 Å². The molecule has 110 valence electrons. The molecule has 1 aromatic rings. The van der Waals surface area contributed by atoms with Gasteiger partial charge in [-0.3, -0.25) is 14.2 Å². The third-order valence-electron chi connectivity index (χ3n) is 3.93. The maximum Gasteiger partial charge on any atom is 0.253 e. The van der Waals surface area contributed by atoms with Gasteiger partial charge in [0.05, 0.1) is 6.33 Å². The minimum absolute atomic E-state index is 0.0521. The van der Waals surface area contributed by atoms with Gasteiger partial charge in [0.15, 0.2) is 0 Å². The Labute approximate surface area is 119 Å². The van der Waals surface area contributed by atoms with Crippen LogP contribution in [0, 0.1) is 5.92 Å². The molecule has 0 aromatic carbocycles. The lowest BCUT2D eigenvalue weighted by molar-refractivity contribution is -0.125. The summed E-state index contributed by atoms with van der Waals surface area (Å²) in [5.41, 5.74) is 0.751. The van der Waals surface area contributed by atoms with Gasteiger partial charge in [-0.2, -0.15) is 0 Å². The second-order valence-electron chi connectivity index (χ2n) is 5.39. The van der Waals surface area contributed by atoms with Crippen molar-refractivity contribution in [1.29, 1.82) is 0 Å². The number of nitrogens with one attached hydrogen (secondary N) is 1. The van der Waals surface area contributed by atoms with Gasteiger partial charge in [0.2, 0.25) is 5.91 Å². The van der Waals surface area contributed by atoms with Crippen molar-refractivity contribution in [3.63, 3.8) is 0 Å². The van der Waals surface area contributed by atoms with Crippen LogP contribution in [-0.2, 0) is 17.8 Å². The number of nitrogens with zero attached hydrogens (tertiary/aromatic N) is 2. The van der Waals surface area contributed by atoms with E-state index in [4.69, 9.17) is 0 Å². The zero-order valence-electron chi connectivity index (χ0n) is 12.1. The molecule has 1 aliphatic carbocycles. The van der Waals surface area contributed by atoms with Crippen molar-refractivity contribution >= 4 is 5.91 Å². The zero-order valence-corrected chi connectivity index (χ0v) is 12.1. The normalized spacial score (nSPS) is 16.1. The van der Waals surface area contributed by atoms with Crippen LogP contribution in [0.25, 0.3) is 0 Å². The average Bonchev–Trinajstić information content (AvgIpc) is 2.49. The van der Waals surface area contributed by atoms with Gasteiger partial charge in [-0.15, -0.1) is 0 Å². The third kappa shape index (κ3) is 3.92. The molecule has 1 fully saturated rings. The number of rotatable bonds is 5. The summed E-state index contributed by atoms with van der Waals surface area (Å²) in [5.74, 6) is 0.303. The van der Waals surface area contributed by atoms with Crippen LogP contribution in [0.1, 0.15) is 44.7 Å². The van der Waals surface area contributed by atoms with E-state index in [9.17, 15) is 9.59 Å². The van der Waals surface area contributed by atoms with E-state index in [0.717, 1.165) is 37.8 Å². The highest BCUT2D eigenvalue weighted by atomic mass is 16.2. The molecule has 1 heterocycles. The summed E-state index contributed by atoms with van der Waals surface area (Å²) in [5, 5.41) is 2.93. The fourth-order valence-corrected chi connectivity index (χ4v) is 2.63. The van der Waals surface area contributed by atoms with Gasteiger partial charge in [-0.1, -0.05) is 26.2 Å². The molecule has 0 bridgehead atoms. The maximum atomic E-state index is 12.0. The Morgan fingerprint density at radius 2 is 2.15 bits per heavy atom. The number of carbonyl (C=O) groups excluding carboxylic acids is 1. The Morgan fingerprint density at radius 1 is 1.40 bits per heavy atom. The van der Waals surface area contributed by atoms with E-state index in [1.807, 2.05) is 6.92 Å². The van der Waals surface area contributed by atoms with E-state index in [1.165, 1.54) is 6.42 Å². The fraction of sp³-hybridized carbons (Fsp3) is 0.667. The molecule has 1 aliphatic rings. The van der Waals surface area contributed by atoms with Crippen LogP contribution in [-0.4, -0.2) is 22.0 Å². The van der Waals surface area contributed by atoms with Crippen molar-refractivity contribution < 1.29 is 4.79 Å². The average molecular weight is 277 g/mol. The molecule has 0 spiro atoms. The lowest BCUT2D eigenvalue weighted by Crippen LogP contribution is -2.35. The van der Waals surface area contributed by atoms with Crippen molar-refractivity contribution in [1.82, 2.24) is 14.9 Å². The monoisotopic (exact) mass is 277 g/mol. The minimum atomic E-state index is -0.0521. The van der Waals surface area contributed by atoms with Gasteiger partial charge in [0.25, 0.3) is 5.56 Å². The first-order chi connectivity index (χ1) is 9.70. The Hall–Kier alpha value is -1.65. The molecule has 1 saturated carbocycles. The van der Waals surface area contributed by atoms with E-state index in [2.05, 4.69) is 10.3 Å². The Morgan fingerprint density at radius 3 is 2.80 bits per heavy atom. The summed E-state index contributed by atoms with van der Waals surface area (Å²) in [4.78, 5) is 27.9. The van der Waals surface area contributed by atoms with Gasteiger partial charge in [-0.05, 0) is 19.3 Å². The largest absolute Gasteiger partial charge is 0.354 e. The van der Waals surface area contributed by atoms with Crippen LogP contribution in [0.2, 0.25) is 0 Å². The van der Waals surface area contributed by atoms with Gasteiger partial charge < -0.3 is 5.32 Å². The van der Waals surface area contributed by atoms with Crippen molar-refractivity contribution in [2.75, 3.05) is 6.54 Å². The molecule has 1 N–H and O–H groups in total. The second kappa shape index (κ2) is 7.22. The number of hydrogen-bond acceptors (Lipinski definition) is 3. The van der Waals surface area contributed by atoms with Crippen LogP contribution in [0.15, 0.2) is 17.2 Å². The van der Waals surface area contributed by atoms with Crippen molar-refractivity contribution in [2.24, 2.45) is 5.92 Å². The molecule has 5 nitrogen and oxygen atoms in total. The van der Waals surface area contributed by atoms with Crippen LogP contribution < -0.4 is 10.9 Å². The van der Waals surface area contributed by atoms with Crippen molar-refractivity contribution in [3.8, 4) is 0 Å². The molecule has 2 rings (SSSR count). The standard InChI is InChI=1S/C15H23N3O2/c1-2-13-10-14(19)18(11-17-13)9-8-16-15(20)12-6-4-3-5-7-12/h10-12H,2-9H2,1H3,(H,16,20). The van der Waals surface area contributed by atoms with Gasteiger partial charge in [0.1, 0.15) is 0 Å². The molecule has 0 aliphatic heterocycles. The van der Waals surface area contributed by atoms with Crippen LogP contribution in [0.5, 0.6) is 0 Å². The van der Waals surface area contributed by atoms with Crippen molar-refractivity contribution in [3.05, 3.63) is 28.4 Å². The lowest BCUT2D eigenvalue weighted by Gasteiger charge is -2.20. The Bertz CT molecular complexity index is 504. The molecule has 1 aromatic heterocycles. The summed E-state index contributed by atoms with van der Waals surface area (Å²) < 4.78 is 1.54. The van der Waals surface area contributed by atoms with E-state index in [-0.39, 0.29) is 17.4 Å². The van der Waals surface area contributed by atoms with Gasteiger partial charge >= 0.3 is 0 Å². The predicted octanol–water partition coefficient (Wildman–Crippen LogP) is 1.50. The van der Waals surface area contributed by atoms with Crippen LogP contribution in [0.4, 0.5) is 0 Å². The minimum Gasteiger partial charge on any atom is -0.354 e. The highest BCUT2D eigenvalue weighted by Crippen LogP contribution is 2.23. The Balaban J connectivity index is 1.80. The second-order valence-corrected chi connectivity index (χ2v) is 5.39. The SMILES string of the molecule is CCc1cc(=O)n(CCNC(=O)C2CCCCC2)cn1. The van der Waals surface area contributed by atoms with Crippen molar-refractivity contribution in [2.45, 2.75) is 52.0 Å². The number of aryl methyl sites for hydroxylation is 1. The first kappa shape index (κ1) is 14.8. The number of carbonyl (C=O) groups is 1. The molecule has 5 heteroatoms. The molecule has 20 heavy (non-hydrogen) atoms. The molecular formula is C15H23N3O2. The summed E-state index contributed by atoms with van der Waals surface area (Å²) in [6, 6.07) is 1.56. The zero-order chi connectivity index (χ0) is 14.4. The smallest absolute Gasteiger partial charge is 0.253 e. The number of amides is 1. The molecular weight excluding hydrogens is 254 g/mol. The molecule has 0 radical (unpaired) electrons. The van der Waals surface area contributed by atoms with Gasteiger partial charge in [-0.25, -0.2) is 4.98 Å². The first-order valence-electron chi connectivity index (χ1n) is 7.53. The number of hydrogen-bond donors (Lipinski definition) is 1. The quantitative estimate of drug-likeness (QED) is 0.887. The molecule has 0 unspecified atom stereocenters. The Kier molecular flexibility index (Phi) is 5.32. The maximum absolute atomic E-state index is 12.0. The fourth-order valence-electron chi connectivity index (χ4n) is 2.63. The highest BCUT2D eigenvalue weighted by molar-refractivity contribution is 5.78. The van der Waals surface area contributed by atoms with Gasteiger partial charge in [0, 0.05) is 30.8 Å². The van der Waals surface area contributed by atoms with E-state index >= 15 is 0 Å². The number of aromatic nitrogens is 2. The summed E-state index contributed by atoms with van der Waals surface area (Å²) >= 11 is 0. The molecule has 0 atom stereocenters. The first-order valence-corrected chi connectivity index (χ1v) is 7.53. The predicted molar refractivity (Wildman–Crippen MR) is 77.5 cm³/mol.